The molecule has 0 atom stereocenters. The maximum Gasteiger partial charge on any atom is 0.410 e. The van der Waals surface area contributed by atoms with E-state index in [2.05, 4.69) is 23.5 Å². The van der Waals surface area contributed by atoms with Gasteiger partial charge in [-0.05, 0) is 62.1 Å². The zero-order chi connectivity index (χ0) is 22.9. The van der Waals surface area contributed by atoms with Crippen LogP contribution in [0.4, 0.5) is 10.5 Å². The third-order valence-corrected chi connectivity index (χ3v) is 5.51. The second kappa shape index (κ2) is 8.61. The minimum Gasteiger partial charge on any atom is -0.444 e. The highest BCUT2D eigenvalue weighted by Crippen LogP contribution is 2.37. The summed E-state index contributed by atoms with van der Waals surface area (Å²) in [6.45, 7) is 8.34. The number of nitrogens with zero attached hydrogens (tertiary/aromatic N) is 2. The zero-order valence-corrected chi connectivity index (χ0v) is 19.1. The number of anilines is 1. The zero-order valence-electron chi connectivity index (χ0n) is 19.1. The summed E-state index contributed by atoms with van der Waals surface area (Å²) in [6, 6.07) is 9.97. The van der Waals surface area contributed by atoms with Gasteiger partial charge in [0.2, 0.25) is 5.91 Å². The molecule has 6 nitrogen and oxygen atoms in total. The monoisotopic (exact) mass is 431 g/mol. The van der Waals surface area contributed by atoms with Crippen molar-refractivity contribution in [1.29, 1.82) is 0 Å². The molecule has 32 heavy (non-hydrogen) atoms. The summed E-state index contributed by atoms with van der Waals surface area (Å²) in [6.07, 6.45) is 7.61. The van der Waals surface area contributed by atoms with Gasteiger partial charge < -0.3 is 15.0 Å². The van der Waals surface area contributed by atoms with Crippen molar-refractivity contribution in [3.63, 3.8) is 0 Å². The lowest BCUT2D eigenvalue weighted by atomic mass is 9.94. The minimum atomic E-state index is -0.490. The highest BCUT2D eigenvalue weighted by Gasteiger charge is 2.26. The van der Waals surface area contributed by atoms with Crippen molar-refractivity contribution in [2.24, 2.45) is 0 Å². The number of pyridine rings is 1. The summed E-state index contributed by atoms with van der Waals surface area (Å²) < 4.78 is 5.50. The molecule has 0 bridgehead atoms. The number of ether oxygens (including phenoxy) is 1. The van der Waals surface area contributed by atoms with Gasteiger partial charge in [-0.25, -0.2) is 4.79 Å². The van der Waals surface area contributed by atoms with Crippen molar-refractivity contribution < 1.29 is 14.3 Å². The van der Waals surface area contributed by atoms with Crippen LogP contribution in [0.5, 0.6) is 0 Å². The maximum absolute atomic E-state index is 12.4. The van der Waals surface area contributed by atoms with Crippen LogP contribution < -0.4 is 5.32 Å². The van der Waals surface area contributed by atoms with Gasteiger partial charge in [0, 0.05) is 49.4 Å². The van der Waals surface area contributed by atoms with Crippen LogP contribution in [0.2, 0.25) is 0 Å². The normalized spacial score (nSPS) is 15.6. The summed E-state index contributed by atoms with van der Waals surface area (Å²) in [4.78, 5) is 30.0. The Morgan fingerprint density at radius 3 is 2.47 bits per heavy atom. The second-order valence-electron chi connectivity index (χ2n) is 9.20. The second-order valence-corrected chi connectivity index (χ2v) is 9.20. The first-order chi connectivity index (χ1) is 15.2. The van der Waals surface area contributed by atoms with E-state index in [1.165, 1.54) is 18.1 Å². The third kappa shape index (κ3) is 4.90. The van der Waals surface area contributed by atoms with Crippen molar-refractivity contribution >= 4 is 23.3 Å². The Morgan fingerprint density at radius 2 is 1.84 bits per heavy atom. The highest BCUT2D eigenvalue weighted by molar-refractivity contribution is 5.89. The molecule has 6 heteroatoms. The van der Waals surface area contributed by atoms with Crippen LogP contribution in [-0.2, 0) is 16.0 Å². The van der Waals surface area contributed by atoms with Gasteiger partial charge in [0.1, 0.15) is 5.60 Å². The first-order valence-corrected chi connectivity index (χ1v) is 10.9. The van der Waals surface area contributed by atoms with Crippen LogP contribution in [0.3, 0.4) is 0 Å². The molecule has 4 rings (SSSR count). The quantitative estimate of drug-likeness (QED) is 0.724. The van der Waals surface area contributed by atoms with E-state index in [9.17, 15) is 9.59 Å². The molecule has 1 aliphatic carbocycles. The predicted molar refractivity (Wildman–Crippen MR) is 126 cm³/mol. The highest BCUT2D eigenvalue weighted by atomic mass is 16.6. The standard InChI is InChI=1S/C26H29N3O3/c1-17(30)28-21-7-5-18(6-8-21)20-15-23-22(9-10-24(23)27-16-20)19-11-13-29(14-12-19)25(31)32-26(2,3)4/h5-9,11,15-16H,10,12-14H2,1-4H3,(H,28,30). The first-order valence-electron chi connectivity index (χ1n) is 10.9. The van der Waals surface area contributed by atoms with Gasteiger partial charge in [-0.3, -0.25) is 9.78 Å². The predicted octanol–water partition coefficient (Wildman–Crippen LogP) is 5.21. The number of hydrogen-bond donors (Lipinski definition) is 1. The van der Waals surface area contributed by atoms with E-state index >= 15 is 0 Å². The van der Waals surface area contributed by atoms with Gasteiger partial charge in [0.15, 0.2) is 0 Å². The van der Waals surface area contributed by atoms with Gasteiger partial charge in [0.05, 0.1) is 5.69 Å². The fourth-order valence-corrected chi connectivity index (χ4v) is 4.01. The number of rotatable bonds is 3. The summed E-state index contributed by atoms with van der Waals surface area (Å²) in [5, 5.41) is 2.79. The van der Waals surface area contributed by atoms with Crippen molar-refractivity contribution in [3.05, 3.63) is 65.5 Å². The Kier molecular flexibility index (Phi) is 5.87. The van der Waals surface area contributed by atoms with Gasteiger partial charge in [-0.1, -0.05) is 24.3 Å². The summed E-state index contributed by atoms with van der Waals surface area (Å²) in [5.41, 5.74) is 7.08. The van der Waals surface area contributed by atoms with E-state index in [0.29, 0.717) is 13.1 Å². The molecule has 0 unspecified atom stereocenters. The SMILES string of the molecule is CC(=O)Nc1ccc(-c2cnc3c(c2)C(C2=CCN(C(=O)OC(C)(C)C)CC2)=CC3)cc1. The van der Waals surface area contributed by atoms with E-state index in [-0.39, 0.29) is 12.0 Å². The lowest BCUT2D eigenvalue weighted by Gasteiger charge is -2.30. The van der Waals surface area contributed by atoms with Crippen LogP contribution in [0.25, 0.3) is 16.7 Å². The molecule has 2 heterocycles. The third-order valence-electron chi connectivity index (χ3n) is 5.51. The van der Waals surface area contributed by atoms with E-state index in [1.54, 1.807) is 4.90 Å². The number of allylic oxidation sites excluding steroid dienone is 2. The number of carbonyl (C=O) groups excluding carboxylic acids is 2. The molecular formula is C26H29N3O3. The maximum atomic E-state index is 12.4. The fraction of sp³-hybridized carbons (Fsp3) is 0.346. The molecule has 2 aromatic rings. The number of nitrogens with one attached hydrogen (secondary N) is 1. The minimum absolute atomic E-state index is 0.0854. The first kappa shape index (κ1) is 21.8. The smallest absolute Gasteiger partial charge is 0.410 e. The van der Waals surface area contributed by atoms with Crippen molar-refractivity contribution in [2.45, 2.75) is 46.1 Å². The molecule has 0 saturated heterocycles. The number of hydrogen-bond acceptors (Lipinski definition) is 4. The Bertz CT molecular complexity index is 1110. The largest absolute Gasteiger partial charge is 0.444 e. The van der Waals surface area contributed by atoms with Crippen molar-refractivity contribution in [1.82, 2.24) is 9.88 Å². The molecule has 1 aromatic carbocycles. The molecule has 2 amide bonds. The van der Waals surface area contributed by atoms with Crippen LogP contribution in [0, 0.1) is 0 Å². The number of amides is 2. The summed E-state index contributed by atoms with van der Waals surface area (Å²) in [7, 11) is 0. The number of carbonyl (C=O) groups is 2. The van der Waals surface area contributed by atoms with E-state index in [0.717, 1.165) is 40.9 Å². The molecule has 1 N–H and O–H groups in total. The van der Waals surface area contributed by atoms with E-state index in [4.69, 9.17) is 9.72 Å². The Morgan fingerprint density at radius 1 is 1.09 bits per heavy atom. The average Bonchev–Trinajstić information content (AvgIpc) is 3.16. The lowest BCUT2D eigenvalue weighted by molar-refractivity contribution is -0.114. The fourth-order valence-electron chi connectivity index (χ4n) is 4.01. The molecule has 2 aliphatic rings. The molecule has 0 radical (unpaired) electrons. The lowest BCUT2D eigenvalue weighted by Crippen LogP contribution is -2.39. The van der Waals surface area contributed by atoms with E-state index in [1.807, 2.05) is 51.2 Å². The summed E-state index contributed by atoms with van der Waals surface area (Å²) in [5.74, 6) is -0.0854. The molecule has 0 saturated carbocycles. The molecule has 0 spiro atoms. The topological polar surface area (TPSA) is 71.5 Å². The van der Waals surface area contributed by atoms with Gasteiger partial charge >= 0.3 is 6.09 Å². The van der Waals surface area contributed by atoms with Gasteiger partial charge in [0.25, 0.3) is 0 Å². The number of aromatic nitrogens is 1. The van der Waals surface area contributed by atoms with Crippen molar-refractivity contribution in [2.75, 3.05) is 18.4 Å². The van der Waals surface area contributed by atoms with Crippen LogP contribution in [0.15, 0.2) is 54.3 Å². The molecule has 0 fully saturated rings. The molecule has 1 aromatic heterocycles. The molecule has 166 valence electrons. The molecular weight excluding hydrogens is 402 g/mol. The van der Waals surface area contributed by atoms with Gasteiger partial charge in [-0.2, -0.15) is 0 Å². The number of fused-ring (bicyclic) bond motifs is 1. The average molecular weight is 432 g/mol. The van der Waals surface area contributed by atoms with Gasteiger partial charge in [-0.15, -0.1) is 0 Å². The van der Waals surface area contributed by atoms with Crippen molar-refractivity contribution in [3.8, 4) is 11.1 Å². The van der Waals surface area contributed by atoms with Crippen LogP contribution >= 0.6 is 0 Å². The Balaban J connectivity index is 1.51. The van der Waals surface area contributed by atoms with Crippen LogP contribution in [0.1, 0.15) is 45.4 Å². The number of benzene rings is 1. The van der Waals surface area contributed by atoms with Crippen LogP contribution in [-0.4, -0.2) is 40.6 Å². The van der Waals surface area contributed by atoms with E-state index < -0.39 is 5.60 Å². The molecule has 1 aliphatic heterocycles. The summed E-state index contributed by atoms with van der Waals surface area (Å²) >= 11 is 0. The Hall–Kier alpha value is -3.41. The Labute approximate surface area is 189 Å².